The van der Waals surface area contributed by atoms with Crippen LogP contribution < -0.4 is 5.73 Å². The van der Waals surface area contributed by atoms with Crippen molar-refractivity contribution in [2.75, 3.05) is 0 Å². The summed E-state index contributed by atoms with van der Waals surface area (Å²) in [6.45, 7) is 4.40. The van der Waals surface area contributed by atoms with Gasteiger partial charge < -0.3 is 5.73 Å². The topological polar surface area (TPSA) is 26.0 Å². The number of hydrogen-bond acceptors (Lipinski definition) is 1. The van der Waals surface area contributed by atoms with E-state index < -0.39 is 0 Å². The van der Waals surface area contributed by atoms with E-state index in [4.69, 9.17) is 5.73 Å². The number of rotatable bonds is 4. The van der Waals surface area contributed by atoms with Crippen molar-refractivity contribution >= 4 is 0 Å². The van der Waals surface area contributed by atoms with Crippen LogP contribution in [-0.4, -0.2) is 0 Å². The van der Waals surface area contributed by atoms with Crippen LogP contribution in [-0.2, 0) is 12.8 Å². The van der Waals surface area contributed by atoms with Crippen molar-refractivity contribution in [1.82, 2.24) is 0 Å². The molecule has 2 aromatic carbocycles. The Balaban J connectivity index is 2.34. The molecule has 0 saturated heterocycles. The molecule has 1 heteroatoms. The molecule has 0 aliphatic rings. The lowest BCUT2D eigenvalue weighted by atomic mass is 9.94. The van der Waals surface area contributed by atoms with Crippen LogP contribution in [0, 0.1) is 0 Å². The number of nitrogens with two attached hydrogens (primary N) is 1. The van der Waals surface area contributed by atoms with Gasteiger partial charge >= 0.3 is 0 Å². The van der Waals surface area contributed by atoms with Gasteiger partial charge in [0.05, 0.1) is 6.04 Å². The van der Waals surface area contributed by atoms with Gasteiger partial charge in [0.2, 0.25) is 0 Å². The van der Waals surface area contributed by atoms with E-state index >= 15 is 0 Å². The van der Waals surface area contributed by atoms with E-state index in [1.807, 2.05) is 18.2 Å². The molecular formula is C17H21N. The Morgan fingerprint density at radius 2 is 1.50 bits per heavy atom. The summed E-state index contributed by atoms with van der Waals surface area (Å²) in [5.41, 5.74) is 11.6. The van der Waals surface area contributed by atoms with Gasteiger partial charge in [-0.1, -0.05) is 62.4 Å². The second-order valence-electron chi connectivity index (χ2n) is 4.62. The van der Waals surface area contributed by atoms with E-state index in [0.29, 0.717) is 0 Å². The first-order chi connectivity index (χ1) is 8.76. The summed E-state index contributed by atoms with van der Waals surface area (Å²) >= 11 is 0. The number of hydrogen-bond donors (Lipinski definition) is 1. The van der Waals surface area contributed by atoms with Crippen LogP contribution in [0.3, 0.4) is 0 Å². The predicted octanol–water partition coefficient (Wildman–Crippen LogP) is 3.86. The molecule has 1 unspecified atom stereocenters. The molecule has 18 heavy (non-hydrogen) atoms. The molecule has 1 nitrogen and oxygen atoms in total. The lowest BCUT2D eigenvalue weighted by Crippen LogP contribution is -2.12. The van der Waals surface area contributed by atoms with Gasteiger partial charge in [0.25, 0.3) is 0 Å². The molecule has 0 aromatic heterocycles. The third-order valence-corrected chi connectivity index (χ3v) is 3.51. The van der Waals surface area contributed by atoms with E-state index in [1.165, 1.54) is 22.3 Å². The fourth-order valence-electron chi connectivity index (χ4n) is 2.37. The smallest absolute Gasteiger partial charge is 0.0551 e. The second-order valence-corrected chi connectivity index (χ2v) is 4.62. The highest BCUT2D eigenvalue weighted by molar-refractivity contribution is 5.37. The highest BCUT2D eigenvalue weighted by Crippen LogP contribution is 2.22. The van der Waals surface area contributed by atoms with Crippen molar-refractivity contribution in [3.05, 3.63) is 70.8 Å². The zero-order valence-electron chi connectivity index (χ0n) is 11.2. The van der Waals surface area contributed by atoms with Crippen LogP contribution in [0.1, 0.15) is 42.1 Å². The average Bonchev–Trinajstić information content (AvgIpc) is 2.46. The first kappa shape index (κ1) is 12.8. The standard InChI is InChI=1S/C17H21N/c1-3-13-10-11-16(12-14(13)4-2)17(18)15-8-6-5-7-9-15/h5-12,17H,3-4,18H2,1-2H3. The maximum Gasteiger partial charge on any atom is 0.0551 e. The fraction of sp³-hybridized carbons (Fsp3) is 0.294. The van der Waals surface area contributed by atoms with Gasteiger partial charge in [0.1, 0.15) is 0 Å². The maximum atomic E-state index is 6.33. The largest absolute Gasteiger partial charge is 0.320 e. The van der Waals surface area contributed by atoms with Crippen LogP contribution in [0.5, 0.6) is 0 Å². The lowest BCUT2D eigenvalue weighted by molar-refractivity contribution is 0.863. The van der Waals surface area contributed by atoms with Crippen LogP contribution in [0.25, 0.3) is 0 Å². The van der Waals surface area contributed by atoms with Crippen LogP contribution >= 0.6 is 0 Å². The van der Waals surface area contributed by atoms with E-state index in [2.05, 4.69) is 44.2 Å². The van der Waals surface area contributed by atoms with Crippen LogP contribution in [0.2, 0.25) is 0 Å². The molecule has 0 bridgehead atoms. The first-order valence-electron chi connectivity index (χ1n) is 6.68. The van der Waals surface area contributed by atoms with E-state index in [0.717, 1.165) is 12.8 Å². The molecule has 94 valence electrons. The molecule has 2 aromatic rings. The minimum atomic E-state index is -0.0255. The van der Waals surface area contributed by atoms with E-state index in [9.17, 15) is 0 Å². The summed E-state index contributed by atoms with van der Waals surface area (Å²) in [5.74, 6) is 0. The maximum absolute atomic E-state index is 6.33. The summed E-state index contributed by atoms with van der Waals surface area (Å²) in [4.78, 5) is 0. The molecule has 0 radical (unpaired) electrons. The highest BCUT2D eigenvalue weighted by Gasteiger charge is 2.10. The summed E-state index contributed by atoms with van der Waals surface area (Å²) in [5, 5.41) is 0. The van der Waals surface area contributed by atoms with Gasteiger partial charge in [-0.15, -0.1) is 0 Å². The van der Waals surface area contributed by atoms with Gasteiger partial charge in [0.15, 0.2) is 0 Å². The molecule has 0 fully saturated rings. The Morgan fingerprint density at radius 1 is 0.833 bits per heavy atom. The van der Waals surface area contributed by atoms with Crippen molar-refractivity contribution in [3.63, 3.8) is 0 Å². The quantitative estimate of drug-likeness (QED) is 0.861. The number of aryl methyl sites for hydroxylation is 2. The van der Waals surface area contributed by atoms with Crippen molar-refractivity contribution in [2.45, 2.75) is 32.7 Å². The molecule has 2 rings (SSSR count). The molecule has 0 aliphatic carbocycles. The SMILES string of the molecule is CCc1ccc(C(N)c2ccccc2)cc1CC. The van der Waals surface area contributed by atoms with E-state index in [-0.39, 0.29) is 6.04 Å². The summed E-state index contributed by atoms with van der Waals surface area (Å²) in [6.07, 6.45) is 2.16. The zero-order chi connectivity index (χ0) is 13.0. The normalized spacial score (nSPS) is 12.4. The monoisotopic (exact) mass is 239 g/mol. The molecule has 2 N–H and O–H groups in total. The molecule has 0 saturated carbocycles. The van der Waals surface area contributed by atoms with Crippen molar-refractivity contribution in [1.29, 1.82) is 0 Å². The summed E-state index contributed by atoms with van der Waals surface area (Å²) < 4.78 is 0. The first-order valence-corrected chi connectivity index (χ1v) is 6.68. The molecule has 0 aliphatic heterocycles. The van der Waals surface area contributed by atoms with Crippen molar-refractivity contribution in [2.24, 2.45) is 5.73 Å². The Morgan fingerprint density at radius 3 is 2.11 bits per heavy atom. The van der Waals surface area contributed by atoms with Crippen molar-refractivity contribution < 1.29 is 0 Å². The minimum absolute atomic E-state index is 0.0255. The summed E-state index contributed by atoms with van der Waals surface area (Å²) in [6, 6.07) is 16.9. The second kappa shape index (κ2) is 5.83. The van der Waals surface area contributed by atoms with Gasteiger partial charge in [-0.3, -0.25) is 0 Å². The Labute approximate surface area is 110 Å². The van der Waals surface area contributed by atoms with Gasteiger partial charge in [-0.25, -0.2) is 0 Å². The Bertz CT molecular complexity index is 502. The van der Waals surface area contributed by atoms with Gasteiger partial charge in [-0.05, 0) is 35.1 Å². The fourth-order valence-corrected chi connectivity index (χ4v) is 2.37. The molecule has 0 spiro atoms. The van der Waals surface area contributed by atoms with Crippen molar-refractivity contribution in [3.8, 4) is 0 Å². The lowest BCUT2D eigenvalue weighted by Gasteiger charge is -2.15. The molecule has 0 heterocycles. The third-order valence-electron chi connectivity index (χ3n) is 3.51. The van der Waals surface area contributed by atoms with E-state index in [1.54, 1.807) is 0 Å². The van der Waals surface area contributed by atoms with Gasteiger partial charge in [-0.2, -0.15) is 0 Å². The Kier molecular flexibility index (Phi) is 4.16. The minimum Gasteiger partial charge on any atom is -0.320 e. The predicted molar refractivity (Wildman–Crippen MR) is 77.7 cm³/mol. The van der Waals surface area contributed by atoms with Crippen LogP contribution in [0.4, 0.5) is 0 Å². The summed E-state index contributed by atoms with van der Waals surface area (Å²) in [7, 11) is 0. The highest BCUT2D eigenvalue weighted by atomic mass is 14.6. The average molecular weight is 239 g/mol. The molecule has 1 atom stereocenters. The molecule has 0 amide bonds. The van der Waals surface area contributed by atoms with Crippen LogP contribution in [0.15, 0.2) is 48.5 Å². The third kappa shape index (κ3) is 2.62. The Hall–Kier alpha value is -1.60. The van der Waals surface area contributed by atoms with Gasteiger partial charge in [0, 0.05) is 0 Å². The number of benzene rings is 2. The zero-order valence-corrected chi connectivity index (χ0v) is 11.2. The molecular weight excluding hydrogens is 218 g/mol.